The molecule has 0 saturated carbocycles. The van der Waals surface area contributed by atoms with Gasteiger partial charge in [0.15, 0.2) is 0 Å². The molecule has 4 rings (SSSR count). The largest absolute Gasteiger partial charge is 0.480 e. The minimum atomic E-state index is -1.10. The Labute approximate surface area is 151 Å². The van der Waals surface area contributed by atoms with Crippen LogP contribution in [0, 0.1) is 0 Å². The molecule has 1 amide bonds. The number of hydrogen-bond donors (Lipinski definition) is 1. The van der Waals surface area contributed by atoms with Gasteiger partial charge in [0, 0.05) is 16.3 Å². The highest BCUT2D eigenvalue weighted by Crippen LogP contribution is 2.36. The molecule has 5 nitrogen and oxygen atoms in total. The average Bonchev–Trinajstić information content (AvgIpc) is 3.08. The summed E-state index contributed by atoms with van der Waals surface area (Å²) in [6.07, 6.45) is 1.70. The van der Waals surface area contributed by atoms with Crippen LogP contribution in [0.15, 0.2) is 51.8 Å². The molecule has 1 aliphatic rings. The summed E-state index contributed by atoms with van der Waals surface area (Å²) in [4.78, 5) is 24.8. The van der Waals surface area contributed by atoms with Gasteiger partial charge in [0.05, 0.1) is 4.91 Å². The third-order valence-corrected chi connectivity index (χ3v) is 5.27. The number of carboxylic acid groups (broad SMARTS) is 1. The Bertz CT molecular complexity index is 1080. The van der Waals surface area contributed by atoms with Crippen molar-refractivity contribution in [1.82, 2.24) is 4.90 Å². The normalized spacial score (nSPS) is 16.5. The summed E-state index contributed by atoms with van der Waals surface area (Å²) in [5.74, 6) is -1.50. The molecule has 1 saturated heterocycles. The fourth-order valence-corrected chi connectivity index (χ4v) is 4.04. The molecule has 0 radical (unpaired) electrons. The summed E-state index contributed by atoms with van der Waals surface area (Å²) in [5, 5.41) is 10.9. The number of furan rings is 1. The highest BCUT2D eigenvalue weighted by molar-refractivity contribution is 8.26. The molecular formula is C18H11NO4S2. The van der Waals surface area contributed by atoms with Gasteiger partial charge in [-0.3, -0.25) is 14.5 Å². The van der Waals surface area contributed by atoms with Crippen LogP contribution in [0.2, 0.25) is 0 Å². The summed E-state index contributed by atoms with van der Waals surface area (Å²) in [6, 6.07) is 13.4. The Hall–Kier alpha value is -2.64. The van der Waals surface area contributed by atoms with E-state index in [4.69, 9.17) is 21.7 Å². The molecule has 1 aromatic heterocycles. The molecule has 25 heavy (non-hydrogen) atoms. The van der Waals surface area contributed by atoms with Crippen molar-refractivity contribution in [2.24, 2.45) is 0 Å². The molecule has 2 aromatic carbocycles. The first-order chi connectivity index (χ1) is 12.0. The van der Waals surface area contributed by atoms with Gasteiger partial charge >= 0.3 is 5.97 Å². The highest BCUT2D eigenvalue weighted by Gasteiger charge is 2.33. The van der Waals surface area contributed by atoms with Crippen LogP contribution >= 0.6 is 24.0 Å². The number of para-hydroxylation sites is 2. The molecule has 3 aromatic rings. The zero-order chi connectivity index (χ0) is 17.6. The number of carbonyl (C=O) groups excluding carboxylic acids is 1. The Morgan fingerprint density at radius 1 is 1.20 bits per heavy atom. The molecule has 0 bridgehead atoms. The van der Waals surface area contributed by atoms with Crippen LogP contribution in [-0.4, -0.2) is 32.7 Å². The van der Waals surface area contributed by atoms with Crippen molar-refractivity contribution in [2.75, 3.05) is 6.54 Å². The number of carboxylic acids is 1. The fraction of sp³-hybridized carbons (Fsp3) is 0.0556. The van der Waals surface area contributed by atoms with E-state index in [1.807, 2.05) is 42.5 Å². The van der Waals surface area contributed by atoms with E-state index < -0.39 is 18.4 Å². The summed E-state index contributed by atoms with van der Waals surface area (Å²) in [7, 11) is 0. The topological polar surface area (TPSA) is 70.8 Å². The van der Waals surface area contributed by atoms with Gasteiger partial charge in [-0.25, -0.2) is 0 Å². The summed E-state index contributed by atoms with van der Waals surface area (Å²) in [6.45, 7) is -0.434. The standard InChI is InChI=1S/C18H11NO4S2/c20-15(21)9-19-17(22)14(25-18(19)24)8-10-4-3-6-12-11-5-1-2-7-13(11)23-16(10)12/h1-8H,9H2,(H,20,21). The van der Waals surface area contributed by atoms with Crippen LogP contribution in [0.4, 0.5) is 0 Å². The lowest BCUT2D eigenvalue weighted by Crippen LogP contribution is -2.33. The molecule has 0 atom stereocenters. The van der Waals surface area contributed by atoms with Crippen molar-refractivity contribution in [2.45, 2.75) is 0 Å². The lowest BCUT2D eigenvalue weighted by atomic mass is 10.1. The van der Waals surface area contributed by atoms with Crippen molar-refractivity contribution in [1.29, 1.82) is 0 Å². The van der Waals surface area contributed by atoms with Gasteiger partial charge in [0.2, 0.25) is 0 Å². The predicted octanol–water partition coefficient (Wildman–Crippen LogP) is 3.87. The Kier molecular flexibility index (Phi) is 3.82. The van der Waals surface area contributed by atoms with Crippen LogP contribution in [0.3, 0.4) is 0 Å². The second-order valence-electron chi connectivity index (χ2n) is 5.48. The molecular weight excluding hydrogens is 358 g/mol. The molecule has 124 valence electrons. The van der Waals surface area contributed by atoms with Gasteiger partial charge in [0.25, 0.3) is 5.91 Å². The zero-order valence-corrected chi connectivity index (χ0v) is 14.4. The molecule has 1 aliphatic heterocycles. The smallest absolute Gasteiger partial charge is 0.323 e. The number of amides is 1. The van der Waals surface area contributed by atoms with E-state index >= 15 is 0 Å². The number of thioether (sulfide) groups is 1. The van der Waals surface area contributed by atoms with Crippen molar-refractivity contribution < 1.29 is 19.1 Å². The number of carbonyl (C=O) groups is 2. The number of hydrogen-bond acceptors (Lipinski definition) is 5. The Morgan fingerprint density at radius 3 is 2.76 bits per heavy atom. The van der Waals surface area contributed by atoms with E-state index in [1.54, 1.807) is 6.08 Å². The summed E-state index contributed by atoms with van der Waals surface area (Å²) >= 11 is 6.22. The van der Waals surface area contributed by atoms with Crippen molar-refractivity contribution >= 4 is 68.2 Å². The maximum Gasteiger partial charge on any atom is 0.323 e. The third kappa shape index (κ3) is 2.71. The van der Waals surface area contributed by atoms with E-state index in [0.717, 1.165) is 38.6 Å². The highest BCUT2D eigenvalue weighted by atomic mass is 32.2. The van der Waals surface area contributed by atoms with E-state index in [2.05, 4.69) is 0 Å². The first-order valence-electron chi connectivity index (χ1n) is 7.42. The third-order valence-electron chi connectivity index (χ3n) is 3.89. The van der Waals surface area contributed by atoms with E-state index in [-0.39, 0.29) is 4.32 Å². The SMILES string of the molecule is O=C(O)CN1C(=O)C(=Cc2cccc3c2oc2ccccc23)SC1=S. The number of fused-ring (bicyclic) bond motifs is 3. The maximum absolute atomic E-state index is 12.4. The molecule has 1 fully saturated rings. The number of benzene rings is 2. The lowest BCUT2D eigenvalue weighted by molar-refractivity contribution is -0.140. The van der Waals surface area contributed by atoms with Gasteiger partial charge in [-0.15, -0.1) is 0 Å². The van der Waals surface area contributed by atoms with Crippen LogP contribution < -0.4 is 0 Å². The maximum atomic E-state index is 12.4. The van der Waals surface area contributed by atoms with Crippen LogP contribution in [0.5, 0.6) is 0 Å². The van der Waals surface area contributed by atoms with Crippen LogP contribution in [-0.2, 0) is 9.59 Å². The van der Waals surface area contributed by atoms with Gasteiger partial charge in [0.1, 0.15) is 22.0 Å². The quantitative estimate of drug-likeness (QED) is 0.558. The number of thiocarbonyl (C=S) groups is 1. The summed E-state index contributed by atoms with van der Waals surface area (Å²) in [5.41, 5.74) is 2.22. The monoisotopic (exact) mass is 369 g/mol. The van der Waals surface area contributed by atoms with Gasteiger partial charge in [-0.2, -0.15) is 0 Å². The van der Waals surface area contributed by atoms with E-state index in [0.29, 0.717) is 10.5 Å². The Morgan fingerprint density at radius 2 is 1.96 bits per heavy atom. The Balaban J connectivity index is 1.80. The van der Waals surface area contributed by atoms with Gasteiger partial charge in [-0.1, -0.05) is 60.4 Å². The second-order valence-corrected chi connectivity index (χ2v) is 7.16. The van der Waals surface area contributed by atoms with Gasteiger partial charge in [-0.05, 0) is 12.1 Å². The molecule has 1 N–H and O–H groups in total. The average molecular weight is 369 g/mol. The van der Waals surface area contributed by atoms with Gasteiger partial charge < -0.3 is 9.52 Å². The first-order valence-corrected chi connectivity index (χ1v) is 8.64. The fourth-order valence-electron chi connectivity index (χ4n) is 2.80. The zero-order valence-electron chi connectivity index (χ0n) is 12.8. The molecule has 2 heterocycles. The molecule has 0 aliphatic carbocycles. The number of aliphatic carboxylic acids is 1. The second kappa shape index (κ2) is 6.02. The predicted molar refractivity (Wildman–Crippen MR) is 101 cm³/mol. The molecule has 7 heteroatoms. The lowest BCUT2D eigenvalue weighted by Gasteiger charge is -2.10. The minimum absolute atomic E-state index is 0.246. The van der Waals surface area contributed by atoms with E-state index in [1.165, 1.54) is 0 Å². The number of rotatable bonds is 3. The molecule has 0 unspecified atom stereocenters. The first kappa shape index (κ1) is 15.9. The minimum Gasteiger partial charge on any atom is -0.480 e. The van der Waals surface area contributed by atoms with Crippen molar-refractivity contribution in [3.63, 3.8) is 0 Å². The van der Waals surface area contributed by atoms with Crippen LogP contribution in [0.25, 0.3) is 28.0 Å². The van der Waals surface area contributed by atoms with E-state index in [9.17, 15) is 9.59 Å². The van der Waals surface area contributed by atoms with Crippen LogP contribution in [0.1, 0.15) is 5.56 Å². The molecule has 0 spiro atoms. The summed E-state index contributed by atoms with van der Waals surface area (Å²) < 4.78 is 6.19. The number of nitrogens with zero attached hydrogens (tertiary/aromatic N) is 1. The van der Waals surface area contributed by atoms with Crippen molar-refractivity contribution in [3.8, 4) is 0 Å². The van der Waals surface area contributed by atoms with Crippen molar-refractivity contribution in [3.05, 3.63) is 52.9 Å².